The highest BCUT2D eigenvalue weighted by molar-refractivity contribution is 5.36. The van der Waals surface area contributed by atoms with E-state index in [9.17, 15) is 0 Å². The maximum absolute atomic E-state index is 2.44. The van der Waals surface area contributed by atoms with E-state index < -0.39 is 0 Å². The van der Waals surface area contributed by atoms with E-state index in [0.29, 0.717) is 6.04 Å². The van der Waals surface area contributed by atoms with Crippen LogP contribution in [0.15, 0.2) is 72.6 Å². The second-order valence-electron chi connectivity index (χ2n) is 5.80. The van der Waals surface area contributed by atoms with Gasteiger partial charge in [0.1, 0.15) is 0 Å². The molecule has 0 bridgehead atoms. The SMILES string of the molecule is CC1C(N(C)C)=CN1C(c1ccccc1)c1ccccc1. The van der Waals surface area contributed by atoms with Crippen molar-refractivity contribution in [3.63, 3.8) is 0 Å². The Morgan fingerprint density at radius 1 is 0.857 bits per heavy atom. The van der Waals surface area contributed by atoms with Crippen LogP contribution in [0.5, 0.6) is 0 Å². The van der Waals surface area contributed by atoms with Crippen LogP contribution in [0.25, 0.3) is 0 Å². The van der Waals surface area contributed by atoms with Crippen molar-refractivity contribution in [2.45, 2.75) is 19.0 Å². The average Bonchev–Trinajstić information content (AvgIpc) is 2.51. The smallest absolute Gasteiger partial charge is 0.0798 e. The zero-order valence-electron chi connectivity index (χ0n) is 12.9. The summed E-state index contributed by atoms with van der Waals surface area (Å²) in [5.41, 5.74) is 4.06. The van der Waals surface area contributed by atoms with Gasteiger partial charge < -0.3 is 9.80 Å². The Balaban J connectivity index is 1.99. The molecule has 2 heteroatoms. The minimum atomic E-state index is 0.283. The van der Waals surface area contributed by atoms with Crippen LogP contribution in [0.4, 0.5) is 0 Å². The monoisotopic (exact) mass is 278 g/mol. The largest absolute Gasteiger partial charge is 0.378 e. The van der Waals surface area contributed by atoms with Gasteiger partial charge in [-0.05, 0) is 18.1 Å². The van der Waals surface area contributed by atoms with Gasteiger partial charge in [-0.25, -0.2) is 0 Å². The molecule has 0 radical (unpaired) electrons. The van der Waals surface area contributed by atoms with E-state index >= 15 is 0 Å². The first-order chi connectivity index (χ1) is 10.2. The second kappa shape index (κ2) is 5.65. The molecule has 0 N–H and O–H groups in total. The summed E-state index contributed by atoms with van der Waals surface area (Å²) in [6.07, 6.45) is 2.27. The summed E-state index contributed by atoms with van der Waals surface area (Å²) in [6.45, 7) is 2.27. The molecule has 3 rings (SSSR count). The Labute approximate surface area is 127 Å². The fourth-order valence-corrected chi connectivity index (χ4v) is 3.04. The van der Waals surface area contributed by atoms with Gasteiger partial charge in [-0.2, -0.15) is 0 Å². The van der Waals surface area contributed by atoms with Gasteiger partial charge in [0.25, 0.3) is 0 Å². The van der Waals surface area contributed by atoms with Crippen LogP contribution in [-0.4, -0.2) is 29.9 Å². The Morgan fingerprint density at radius 3 is 1.71 bits per heavy atom. The van der Waals surface area contributed by atoms with Crippen molar-refractivity contribution in [3.8, 4) is 0 Å². The highest BCUT2D eigenvalue weighted by Gasteiger charge is 2.33. The van der Waals surface area contributed by atoms with Gasteiger partial charge in [-0.3, -0.25) is 0 Å². The Morgan fingerprint density at radius 2 is 1.33 bits per heavy atom. The van der Waals surface area contributed by atoms with E-state index in [0.717, 1.165) is 0 Å². The standard InChI is InChI=1S/C19H22N2/c1-15-18(20(2)3)14-21(15)19(16-10-6-4-7-11-16)17-12-8-5-9-13-17/h4-15,19H,1-3H3. The Kier molecular flexibility index (Phi) is 3.70. The molecule has 0 saturated heterocycles. The van der Waals surface area contributed by atoms with Gasteiger partial charge in [0.2, 0.25) is 0 Å². The van der Waals surface area contributed by atoms with Crippen molar-refractivity contribution >= 4 is 0 Å². The van der Waals surface area contributed by atoms with Crippen molar-refractivity contribution < 1.29 is 0 Å². The number of benzene rings is 2. The molecule has 0 saturated carbocycles. The first-order valence-corrected chi connectivity index (χ1v) is 7.45. The van der Waals surface area contributed by atoms with E-state index in [-0.39, 0.29) is 6.04 Å². The molecule has 2 aromatic carbocycles. The summed E-state index contributed by atoms with van der Waals surface area (Å²) in [4.78, 5) is 4.65. The van der Waals surface area contributed by atoms with E-state index in [1.807, 2.05) is 0 Å². The highest BCUT2D eigenvalue weighted by Crippen LogP contribution is 2.37. The third-order valence-electron chi connectivity index (χ3n) is 4.20. The normalized spacial score (nSPS) is 17.4. The third kappa shape index (κ3) is 2.54. The number of nitrogens with zero attached hydrogens (tertiary/aromatic N) is 2. The maximum Gasteiger partial charge on any atom is 0.0798 e. The molecule has 2 nitrogen and oxygen atoms in total. The summed E-state index contributed by atoms with van der Waals surface area (Å²) in [5, 5.41) is 0. The summed E-state index contributed by atoms with van der Waals surface area (Å²) in [7, 11) is 4.22. The molecule has 2 aromatic rings. The van der Waals surface area contributed by atoms with Crippen LogP contribution < -0.4 is 0 Å². The molecule has 0 amide bonds. The van der Waals surface area contributed by atoms with Crippen LogP contribution >= 0.6 is 0 Å². The maximum atomic E-state index is 2.44. The van der Waals surface area contributed by atoms with Crippen LogP contribution in [0.2, 0.25) is 0 Å². The van der Waals surface area contributed by atoms with Gasteiger partial charge in [0.15, 0.2) is 0 Å². The number of rotatable bonds is 4. The first-order valence-electron chi connectivity index (χ1n) is 7.45. The molecule has 0 aliphatic carbocycles. The van der Waals surface area contributed by atoms with E-state index in [4.69, 9.17) is 0 Å². The second-order valence-corrected chi connectivity index (χ2v) is 5.80. The Hall–Kier alpha value is -2.22. The molecule has 108 valence electrons. The predicted molar refractivity (Wildman–Crippen MR) is 87.8 cm³/mol. The quantitative estimate of drug-likeness (QED) is 0.837. The molecule has 1 atom stereocenters. The lowest BCUT2D eigenvalue weighted by atomic mass is 9.93. The predicted octanol–water partition coefficient (Wildman–Crippen LogP) is 3.88. The van der Waals surface area contributed by atoms with Crippen LogP contribution in [0.1, 0.15) is 24.1 Å². The van der Waals surface area contributed by atoms with Crippen LogP contribution in [-0.2, 0) is 0 Å². The molecule has 0 aromatic heterocycles. The Bertz CT molecular complexity index is 577. The zero-order valence-corrected chi connectivity index (χ0v) is 12.9. The van der Waals surface area contributed by atoms with E-state index in [2.05, 4.69) is 97.7 Å². The number of likely N-dealkylation sites (N-methyl/N-ethyl adjacent to an activating group) is 1. The lowest BCUT2D eigenvalue weighted by Crippen LogP contribution is -2.46. The van der Waals surface area contributed by atoms with Crippen molar-refractivity contribution in [1.29, 1.82) is 0 Å². The van der Waals surface area contributed by atoms with Crippen LogP contribution in [0.3, 0.4) is 0 Å². The van der Waals surface area contributed by atoms with Gasteiger partial charge in [-0.15, -0.1) is 0 Å². The van der Waals surface area contributed by atoms with Crippen molar-refractivity contribution in [2.24, 2.45) is 0 Å². The molecular formula is C19H22N2. The summed E-state index contributed by atoms with van der Waals surface area (Å²) >= 11 is 0. The van der Waals surface area contributed by atoms with Gasteiger partial charge in [0.05, 0.1) is 17.8 Å². The molecule has 0 spiro atoms. The molecule has 21 heavy (non-hydrogen) atoms. The average molecular weight is 278 g/mol. The molecule has 1 aliphatic heterocycles. The number of hydrogen-bond donors (Lipinski definition) is 0. The van der Waals surface area contributed by atoms with Crippen LogP contribution in [0, 0.1) is 0 Å². The van der Waals surface area contributed by atoms with Crippen molar-refractivity contribution in [1.82, 2.24) is 9.80 Å². The summed E-state index contributed by atoms with van der Waals surface area (Å²) in [5.74, 6) is 0. The lowest BCUT2D eigenvalue weighted by Gasteiger charge is -2.46. The fourth-order valence-electron chi connectivity index (χ4n) is 3.04. The topological polar surface area (TPSA) is 6.48 Å². The van der Waals surface area contributed by atoms with Crippen molar-refractivity contribution in [3.05, 3.63) is 83.7 Å². The fraction of sp³-hybridized carbons (Fsp3) is 0.263. The molecular weight excluding hydrogens is 256 g/mol. The minimum absolute atomic E-state index is 0.283. The van der Waals surface area contributed by atoms with E-state index in [1.54, 1.807) is 0 Å². The summed E-state index contributed by atoms with van der Waals surface area (Å²) in [6, 6.07) is 22.2. The van der Waals surface area contributed by atoms with Crippen molar-refractivity contribution in [2.75, 3.05) is 14.1 Å². The summed E-state index contributed by atoms with van der Waals surface area (Å²) < 4.78 is 0. The molecule has 1 unspecified atom stereocenters. The third-order valence-corrected chi connectivity index (χ3v) is 4.20. The van der Waals surface area contributed by atoms with Gasteiger partial charge >= 0.3 is 0 Å². The van der Waals surface area contributed by atoms with Gasteiger partial charge in [-0.1, -0.05) is 60.7 Å². The molecule has 1 heterocycles. The minimum Gasteiger partial charge on any atom is -0.378 e. The first kappa shape index (κ1) is 13.7. The number of hydrogen-bond acceptors (Lipinski definition) is 2. The van der Waals surface area contributed by atoms with Gasteiger partial charge in [0, 0.05) is 20.3 Å². The molecule has 0 fully saturated rings. The zero-order chi connectivity index (χ0) is 14.8. The lowest BCUT2D eigenvalue weighted by molar-refractivity contribution is 0.183. The molecule has 1 aliphatic rings. The van der Waals surface area contributed by atoms with E-state index in [1.165, 1.54) is 16.8 Å². The highest BCUT2D eigenvalue weighted by atomic mass is 15.3.